The van der Waals surface area contributed by atoms with Crippen LogP contribution in [-0.4, -0.2) is 48.7 Å². The van der Waals surface area contributed by atoms with E-state index in [-0.39, 0.29) is 25.4 Å². The zero-order valence-electron chi connectivity index (χ0n) is 17.0. The molecule has 166 valence electrons. The largest absolute Gasteiger partial charge is 0.486 e. The van der Waals surface area contributed by atoms with Gasteiger partial charge in [0.1, 0.15) is 13.2 Å². The lowest BCUT2D eigenvalue weighted by Crippen LogP contribution is -2.38. The van der Waals surface area contributed by atoms with Gasteiger partial charge in [-0.1, -0.05) is 23.3 Å². The van der Waals surface area contributed by atoms with Crippen molar-refractivity contribution < 1.29 is 29.0 Å². The molecule has 0 spiro atoms. The molecule has 0 bridgehead atoms. The molecule has 1 heterocycles. The molecular weight excluding hydrogens is 418 g/mol. The Morgan fingerprint density at radius 1 is 1.09 bits per heavy atom. The van der Waals surface area contributed by atoms with Crippen molar-refractivity contribution in [3.05, 3.63) is 69.6 Å². The van der Waals surface area contributed by atoms with Crippen molar-refractivity contribution in [3.63, 3.8) is 0 Å². The molecule has 3 N–H and O–H groups in total. The number of hydrogen-bond donors (Lipinski definition) is 3. The lowest BCUT2D eigenvalue weighted by atomic mass is 10.1. The molecule has 2 amide bonds. The van der Waals surface area contributed by atoms with Gasteiger partial charge in [0.05, 0.1) is 12.0 Å². The van der Waals surface area contributed by atoms with Gasteiger partial charge in [-0.25, -0.2) is 0 Å². The molecule has 0 saturated carbocycles. The van der Waals surface area contributed by atoms with Crippen molar-refractivity contribution in [2.24, 2.45) is 5.11 Å². The first kappa shape index (κ1) is 22.4. The molecule has 11 heteroatoms. The number of amides is 2. The second kappa shape index (κ2) is 10.7. The van der Waals surface area contributed by atoms with E-state index in [1.54, 1.807) is 42.5 Å². The van der Waals surface area contributed by atoms with Crippen LogP contribution in [-0.2, 0) is 11.3 Å². The van der Waals surface area contributed by atoms with Crippen LogP contribution < -0.4 is 20.1 Å². The Kier molecular flexibility index (Phi) is 7.50. The maximum atomic E-state index is 12.6. The second-order valence-electron chi connectivity index (χ2n) is 6.89. The number of para-hydroxylation sites is 1. The first-order valence-electron chi connectivity index (χ1n) is 9.77. The topological polar surface area (TPSA) is 163 Å². The van der Waals surface area contributed by atoms with Gasteiger partial charge in [0.2, 0.25) is 0 Å². The van der Waals surface area contributed by atoms with Gasteiger partial charge in [0.25, 0.3) is 11.8 Å². The fourth-order valence-electron chi connectivity index (χ4n) is 3.08. The Morgan fingerprint density at radius 3 is 2.56 bits per heavy atom. The molecule has 1 aliphatic rings. The summed E-state index contributed by atoms with van der Waals surface area (Å²) in [5, 5.41) is 17.6. The van der Waals surface area contributed by atoms with Gasteiger partial charge in [0.15, 0.2) is 11.5 Å². The summed E-state index contributed by atoms with van der Waals surface area (Å²) in [7, 11) is 0. The molecule has 2 aromatic carbocycles. The van der Waals surface area contributed by atoms with Crippen LogP contribution in [0.2, 0.25) is 0 Å². The van der Waals surface area contributed by atoms with E-state index in [2.05, 4.69) is 20.7 Å². The fourth-order valence-corrected chi connectivity index (χ4v) is 3.08. The summed E-state index contributed by atoms with van der Waals surface area (Å²) < 4.78 is 11.0. The number of aliphatic carboxylic acids is 1. The van der Waals surface area contributed by atoms with Gasteiger partial charge in [-0.2, -0.15) is 0 Å². The number of carbonyl (C=O) groups excluding carboxylic acids is 2. The number of carbonyl (C=O) groups is 3. The third kappa shape index (κ3) is 5.89. The van der Waals surface area contributed by atoms with Crippen LogP contribution in [0.15, 0.2) is 47.6 Å². The molecule has 0 unspecified atom stereocenters. The average Bonchev–Trinajstić information content (AvgIpc) is 2.80. The van der Waals surface area contributed by atoms with E-state index in [1.165, 1.54) is 0 Å². The zero-order valence-corrected chi connectivity index (χ0v) is 17.0. The number of carboxylic acids is 1. The number of rotatable bonds is 9. The SMILES string of the molecule is [N-]=[N+]=NC[C@H](CC(=O)O)NC(=O)c1ccc(CNC(=O)c2cccc3c2OCCO3)cc1. The van der Waals surface area contributed by atoms with E-state index < -0.39 is 17.9 Å². The first-order valence-corrected chi connectivity index (χ1v) is 9.77. The zero-order chi connectivity index (χ0) is 22.9. The Hall–Kier alpha value is -4.24. The highest BCUT2D eigenvalue weighted by Gasteiger charge is 2.20. The van der Waals surface area contributed by atoms with Gasteiger partial charge in [0, 0.05) is 29.6 Å². The summed E-state index contributed by atoms with van der Waals surface area (Å²) in [6.45, 7) is 0.859. The minimum absolute atomic E-state index is 0.170. The lowest BCUT2D eigenvalue weighted by Gasteiger charge is -2.20. The summed E-state index contributed by atoms with van der Waals surface area (Å²) in [6, 6.07) is 10.8. The van der Waals surface area contributed by atoms with E-state index in [4.69, 9.17) is 20.1 Å². The minimum atomic E-state index is -1.12. The number of fused-ring (bicyclic) bond motifs is 1. The standard InChI is InChI=1S/C21H21N5O6/c22-26-24-12-15(10-18(27)28)25-20(29)14-6-4-13(5-7-14)11-23-21(30)16-2-1-3-17-19(16)32-9-8-31-17/h1-7,15H,8-12H2,(H,23,30)(H,25,29)(H,27,28)/t15-/m0/s1. The molecular formula is C21H21N5O6. The van der Waals surface area contributed by atoms with E-state index in [0.29, 0.717) is 35.8 Å². The number of nitrogens with one attached hydrogen (secondary N) is 2. The quantitative estimate of drug-likeness (QED) is 0.308. The molecule has 0 saturated heterocycles. The van der Waals surface area contributed by atoms with Gasteiger partial charge in [-0.15, -0.1) is 0 Å². The van der Waals surface area contributed by atoms with Crippen LogP contribution >= 0.6 is 0 Å². The van der Waals surface area contributed by atoms with Crippen LogP contribution in [0.1, 0.15) is 32.7 Å². The van der Waals surface area contributed by atoms with E-state index in [0.717, 1.165) is 5.56 Å². The van der Waals surface area contributed by atoms with Crippen molar-refractivity contribution in [1.29, 1.82) is 0 Å². The monoisotopic (exact) mass is 439 g/mol. The normalized spacial score (nSPS) is 12.8. The molecule has 0 aliphatic carbocycles. The maximum Gasteiger partial charge on any atom is 0.305 e. The third-order valence-corrected chi connectivity index (χ3v) is 4.60. The average molecular weight is 439 g/mol. The molecule has 0 fully saturated rings. The molecule has 0 radical (unpaired) electrons. The van der Waals surface area contributed by atoms with Crippen LogP contribution in [0.4, 0.5) is 0 Å². The van der Waals surface area contributed by atoms with Crippen LogP contribution in [0.25, 0.3) is 10.4 Å². The summed E-state index contributed by atoms with van der Waals surface area (Å²) in [5.41, 5.74) is 9.85. The summed E-state index contributed by atoms with van der Waals surface area (Å²) in [5.74, 6) is -0.983. The number of ether oxygens (including phenoxy) is 2. The summed E-state index contributed by atoms with van der Waals surface area (Å²) in [4.78, 5) is 38.4. The molecule has 1 aliphatic heterocycles. The van der Waals surface area contributed by atoms with Crippen molar-refractivity contribution in [2.45, 2.75) is 19.0 Å². The fraction of sp³-hybridized carbons (Fsp3) is 0.286. The minimum Gasteiger partial charge on any atom is -0.486 e. The number of azide groups is 1. The second-order valence-corrected chi connectivity index (χ2v) is 6.89. The Bertz CT molecular complexity index is 1050. The van der Waals surface area contributed by atoms with Crippen molar-refractivity contribution in [3.8, 4) is 11.5 Å². The van der Waals surface area contributed by atoms with Gasteiger partial charge in [-0.05, 0) is 35.4 Å². The summed E-state index contributed by atoms with van der Waals surface area (Å²) >= 11 is 0. The predicted molar refractivity (Wildman–Crippen MR) is 113 cm³/mol. The van der Waals surface area contributed by atoms with E-state index in [9.17, 15) is 14.4 Å². The van der Waals surface area contributed by atoms with Crippen molar-refractivity contribution in [1.82, 2.24) is 10.6 Å². The summed E-state index contributed by atoms with van der Waals surface area (Å²) in [6.07, 6.45) is -0.368. The highest BCUT2D eigenvalue weighted by molar-refractivity contribution is 5.98. The van der Waals surface area contributed by atoms with Crippen LogP contribution in [0.5, 0.6) is 11.5 Å². The lowest BCUT2D eigenvalue weighted by molar-refractivity contribution is -0.137. The highest BCUT2D eigenvalue weighted by atomic mass is 16.6. The number of benzene rings is 2. The number of hydrogen-bond acceptors (Lipinski definition) is 6. The van der Waals surface area contributed by atoms with E-state index >= 15 is 0 Å². The molecule has 3 rings (SSSR count). The van der Waals surface area contributed by atoms with Crippen LogP contribution in [0, 0.1) is 0 Å². The Morgan fingerprint density at radius 2 is 1.84 bits per heavy atom. The maximum absolute atomic E-state index is 12.6. The molecule has 11 nitrogen and oxygen atoms in total. The van der Waals surface area contributed by atoms with Gasteiger partial charge >= 0.3 is 5.97 Å². The van der Waals surface area contributed by atoms with Crippen LogP contribution in [0.3, 0.4) is 0 Å². The molecule has 1 atom stereocenters. The van der Waals surface area contributed by atoms with Gasteiger partial charge in [-0.3, -0.25) is 14.4 Å². The molecule has 2 aromatic rings. The Balaban J connectivity index is 1.58. The third-order valence-electron chi connectivity index (χ3n) is 4.60. The molecule has 0 aromatic heterocycles. The first-order chi connectivity index (χ1) is 15.5. The number of nitrogens with zero attached hydrogens (tertiary/aromatic N) is 3. The highest BCUT2D eigenvalue weighted by Crippen LogP contribution is 2.33. The number of carboxylic acid groups (broad SMARTS) is 1. The molecule has 32 heavy (non-hydrogen) atoms. The smallest absolute Gasteiger partial charge is 0.305 e. The predicted octanol–water partition coefficient (Wildman–Crippen LogP) is 2.27. The van der Waals surface area contributed by atoms with Gasteiger partial charge < -0.3 is 25.2 Å². The van der Waals surface area contributed by atoms with Crippen molar-refractivity contribution >= 4 is 17.8 Å². The van der Waals surface area contributed by atoms with Crippen molar-refractivity contribution in [2.75, 3.05) is 19.8 Å². The Labute approximate surface area is 183 Å². The van der Waals surface area contributed by atoms with E-state index in [1.807, 2.05) is 0 Å².